The predicted molar refractivity (Wildman–Crippen MR) is 207 cm³/mol. The maximum atomic E-state index is 11.7. The first kappa shape index (κ1) is 34.1. The van der Waals surface area contributed by atoms with Crippen molar-refractivity contribution < 1.29 is 10.2 Å². The van der Waals surface area contributed by atoms with Gasteiger partial charge in [0.1, 0.15) is 11.5 Å². The molecule has 0 amide bonds. The topological polar surface area (TPSA) is 40.5 Å². The summed E-state index contributed by atoms with van der Waals surface area (Å²) >= 11 is 1.87. The number of rotatable bonds is 12. The molecule has 6 rings (SSSR count). The van der Waals surface area contributed by atoms with Gasteiger partial charge in [-0.25, -0.2) is 0 Å². The zero-order chi connectivity index (χ0) is 34.3. The molecule has 0 aromatic heterocycles. The minimum Gasteiger partial charge on any atom is -0.507 e. The second kappa shape index (κ2) is 15.7. The van der Waals surface area contributed by atoms with Crippen molar-refractivity contribution in [1.82, 2.24) is 0 Å². The van der Waals surface area contributed by atoms with Gasteiger partial charge in [0.25, 0.3) is 0 Å². The molecular weight excluding hydrogens is 617 g/mol. The lowest BCUT2D eigenvalue weighted by atomic mass is 9.85. The summed E-state index contributed by atoms with van der Waals surface area (Å²) in [6, 6.07) is 50.5. The third-order valence-corrected chi connectivity index (χ3v) is 11.1. The molecule has 0 aliphatic carbocycles. The van der Waals surface area contributed by atoms with E-state index >= 15 is 0 Å². The van der Waals surface area contributed by atoms with Crippen LogP contribution < -0.4 is 0 Å². The van der Waals surface area contributed by atoms with Crippen LogP contribution in [0.4, 0.5) is 0 Å². The normalized spacial score (nSPS) is 13.8. The number of hydrogen-bond donors (Lipinski definition) is 2. The van der Waals surface area contributed by atoms with Crippen LogP contribution in [0.25, 0.3) is 0 Å². The lowest BCUT2D eigenvalue weighted by Gasteiger charge is -2.23. The Morgan fingerprint density at radius 1 is 0.388 bits per heavy atom. The Morgan fingerprint density at radius 2 is 0.612 bits per heavy atom. The van der Waals surface area contributed by atoms with Gasteiger partial charge in [0.2, 0.25) is 0 Å². The molecule has 4 unspecified atom stereocenters. The lowest BCUT2D eigenvalue weighted by molar-refractivity contribution is 0.456. The maximum Gasteiger partial charge on any atom is 0.123 e. The third-order valence-electron chi connectivity index (χ3n) is 10.1. The summed E-state index contributed by atoms with van der Waals surface area (Å²) in [6.07, 6.45) is 0. The summed E-state index contributed by atoms with van der Waals surface area (Å²) in [6.45, 7) is 8.72. The van der Waals surface area contributed by atoms with Crippen LogP contribution in [-0.2, 0) is 11.5 Å². The Labute approximate surface area is 296 Å². The molecule has 0 heterocycles. The molecule has 6 aromatic carbocycles. The molecule has 2 N–H and O–H groups in total. The van der Waals surface area contributed by atoms with Gasteiger partial charge in [0.05, 0.1) is 0 Å². The summed E-state index contributed by atoms with van der Waals surface area (Å²) in [5, 5.41) is 23.5. The van der Waals surface area contributed by atoms with Crippen LogP contribution in [0.3, 0.4) is 0 Å². The second-order valence-corrected chi connectivity index (χ2v) is 14.3. The Hall–Kier alpha value is -4.73. The van der Waals surface area contributed by atoms with Gasteiger partial charge in [-0.05, 0) is 33.4 Å². The van der Waals surface area contributed by atoms with E-state index in [0.29, 0.717) is 11.5 Å². The largest absolute Gasteiger partial charge is 0.507 e. The molecule has 0 fully saturated rings. The Bertz CT molecular complexity index is 1680. The SMILES string of the molecule is CC(c1ccccc1)c1cc(CSCc2cc(C(C)c3ccccc3)c(O)c(C(C)c3ccccc3)c2)cc(C(C)c2ccccc2)c1O. The van der Waals surface area contributed by atoms with E-state index in [9.17, 15) is 10.2 Å². The molecule has 0 aliphatic rings. The van der Waals surface area contributed by atoms with Crippen molar-refractivity contribution >= 4 is 11.8 Å². The Kier molecular flexibility index (Phi) is 10.9. The lowest BCUT2D eigenvalue weighted by Crippen LogP contribution is -2.05. The van der Waals surface area contributed by atoms with Crippen LogP contribution in [0.15, 0.2) is 146 Å². The smallest absolute Gasteiger partial charge is 0.123 e. The highest BCUT2D eigenvalue weighted by Crippen LogP contribution is 2.42. The average molecular weight is 663 g/mol. The van der Waals surface area contributed by atoms with Gasteiger partial charge in [-0.15, -0.1) is 0 Å². The molecule has 0 radical (unpaired) electrons. The molecule has 0 aliphatic heterocycles. The number of benzene rings is 6. The van der Waals surface area contributed by atoms with Gasteiger partial charge < -0.3 is 10.2 Å². The van der Waals surface area contributed by atoms with Crippen LogP contribution in [0.2, 0.25) is 0 Å². The highest BCUT2D eigenvalue weighted by Gasteiger charge is 2.23. The molecule has 0 spiro atoms. The van der Waals surface area contributed by atoms with Gasteiger partial charge >= 0.3 is 0 Å². The molecule has 3 heteroatoms. The molecule has 0 saturated carbocycles. The van der Waals surface area contributed by atoms with E-state index in [4.69, 9.17) is 0 Å². The van der Waals surface area contributed by atoms with E-state index in [1.807, 2.05) is 36.0 Å². The monoisotopic (exact) mass is 662 g/mol. The first-order valence-corrected chi connectivity index (χ1v) is 18.5. The van der Waals surface area contributed by atoms with Crippen molar-refractivity contribution in [2.75, 3.05) is 0 Å². The number of aromatic hydroxyl groups is 2. The quantitative estimate of drug-likeness (QED) is 0.137. The molecule has 49 heavy (non-hydrogen) atoms. The third kappa shape index (κ3) is 7.79. The van der Waals surface area contributed by atoms with Crippen LogP contribution in [0.1, 0.15) is 107 Å². The van der Waals surface area contributed by atoms with E-state index in [0.717, 1.165) is 33.8 Å². The van der Waals surface area contributed by atoms with E-state index < -0.39 is 0 Å². The summed E-state index contributed by atoms with van der Waals surface area (Å²) < 4.78 is 0. The van der Waals surface area contributed by atoms with Crippen molar-refractivity contribution in [2.45, 2.75) is 62.9 Å². The molecule has 2 nitrogen and oxygen atoms in total. The zero-order valence-corrected chi connectivity index (χ0v) is 29.7. The summed E-state index contributed by atoms with van der Waals surface area (Å²) in [5.41, 5.74) is 11.0. The molecule has 248 valence electrons. The fourth-order valence-electron chi connectivity index (χ4n) is 6.95. The Morgan fingerprint density at radius 3 is 0.837 bits per heavy atom. The molecular formula is C46H46O2S. The van der Waals surface area contributed by atoms with Gasteiger partial charge in [0.15, 0.2) is 0 Å². The van der Waals surface area contributed by atoms with E-state index in [-0.39, 0.29) is 23.7 Å². The molecule has 4 atom stereocenters. The minimum absolute atomic E-state index is 0.0500. The van der Waals surface area contributed by atoms with Gasteiger partial charge in [-0.3, -0.25) is 0 Å². The fourth-order valence-corrected chi connectivity index (χ4v) is 7.85. The maximum absolute atomic E-state index is 11.7. The number of thioether (sulfide) groups is 1. The highest BCUT2D eigenvalue weighted by atomic mass is 32.2. The van der Waals surface area contributed by atoms with Crippen LogP contribution in [-0.4, -0.2) is 10.2 Å². The average Bonchev–Trinajstić information content (AvgIpc) is 3.16. The van der Waals surface area contributed by atoms with Crippen molar-refractivity contribution in [2.24, 2.45) is 0 Å². The van der Waals surface area contributed by atoms with Crippen molar-refractivity contribution in [1.29, 1.82) is 0 Å². The van der Waals surface area contributed by atoms with Crippen LogP contribution >= 0.6 is 11.8 Å². The Balaban J connectivity index is 1.33. The van der Waals surface area contributed by atoms with E-state index in [1.54, 1.807) is 0 Å². The van der Waals surface area contributed by atoms with Gasteiger partial charge in [-0.1, -0.05) is 173 Å². The van der Waals surface area contributed by atoms with Crippen LogP contribution in [0.5, 0.6) is 11.5 Å². The zero-order valence-electron chi connectivity index (χ0n) is 28.9. The van der Waals surface area contributed by atoms with E-state index in [2.05, 4.69) is 149 Å². The van der Waals surface area contributed by atoms with E-state index in [1.165, 1.54) is 33.4 Å². The first-order valence-electron chi connectivity index (χ1n) is 17.3. The van der Waals surface area contributed by atoms with Gasteiger partial charge in [-0.2, -0.15) is 11.8 Å². The summed E-state index contributed by atoms with van der Waals surface area (Å²) in [7, 11) is 0. The number of hydrogen-bond acceptors (Lipinski definition) is 3. The van der Waals surface area contributed by atoms with Gasteiger partial charge in [0, 0.05) is 57.4 Å². The summed E-state index contributed by atoms with van der Waals surface area (Å²) in [5.74, 6) is 2.58. The van der Waals surface area contributed by atoms with Crippen molar-refractivity contribution in [3.05, 3.63) is 201 Å². The molecule has 0 bridgehead atoms. The van der Waals surface area contributed by atoms with Crippen molar-refractivity contribution in [3.63, 3.8) is 0 Å². The standard InChI is InChI=1S/C46H46O2S/c1-31(37-17-9-5-10-18-37)41-25-35(26-42(45(41)47)32(2)38-19-11-6-12-20-38)29-49-30-36-27-43(33(3)39-21-13-7-14-22-39)46(48)44(28-36)34(4)40-23-15-8-16-24-40/h5-28,31-34,47-48H,29-30H2,1-4H3. The molecule has 0 saturated heterocycles. The second-order valence-electron chi connectivity index (χ2n) is 13.3. The summed E-state index contributed by atoms with van der Waals surface area (Å²) in [4.78, 5) is 0. The predicted octanol–water partition coefficient (Wildman–Crippen LogP) is 12.1. The minimum atomic E-state index is 0.0500. The number of phenolic OH excluding ortho intramolecular Hbond substituents is 2. The molecule has 6 aromatic rings. The van der Waals surface area contributed by atoms with Crippen molar-refractivity contribution in [3.8, 4) is 11.5 Å². The first-order chi connectivity index (χ1) is 23.8. The fraction of sp³-hybridized carbons (Fsp3) is 0.217. The highest BCUT2D eigenvalue weighted by molar-refractivity contribution is 7.97. The number of phenols is 2. The van der Waals surface area contributed by atoms with Crippen LogP contribution in [0, 0.1) is 0 Å².